The second kappa shape index (κ2) is 11.1. The summed E-state index contributed by atoms with van der Waals surface area (Å²) in [5.74, 6) is -0.0563. The molecule has 174 valence electrons. The normalized spacial score (nSPS) is 9.94. The largest absolute Gasteiger partial charge is 0.497 e. The highest BCUT2D eigenvalue weighted by Crippen LogP contribution is 2.16. The molecule has 6 amide bonds. The van der Waals surface area contributed by atoms with Gasteiger partial charge in [-0.15, -0.1) is 0 Å². The van der Waals surface area contributed by atoms with Gasteiger partial charge in [0.05, 0.1) is 14.2 Å². The zero-order valence-electron chi connectivity index (χ0n) is 18.4. The first-order valence-corrected chi connectivity index (χ1v) is 10.0. The fourth-order valence-electron chi connectivity index (χ4n) is 2.80. The van der Waals surface area contributed by atoms with Crippen molar-refractivity contribution in [1.82, 2.24) is 10.6 Å². The average Bonchev–Trinajstić information content (AvgIpc) is 2.85. The van der Waals surface area contributed by atoms with E-state index in [-0.39, 0.29) is 11.1 Å². The zero-order chi connectivity index (χ0) is 24.5. The third kappa shape index (κ3) is 6.57. The zero-order valence-corrected chi connectivity index (χ0v) is 18.4. The lowest BCUT2D eigenvalue weighted by Crippen LogP contribution is -2.35. The number of carbonyl (C=O) groups excluding carboxylic acids is 4. The molecule has 4 N–H and O–H groups in total. The number of rotatable bonds is 6. The van der Waals surface area contributed by atoms with E-state index in [0.29, 0.717) is 22.9 Å². The van der Waals surface area contributed by atoms with Gasteiger partial charge in [0.1, 0.15) is 11.5 Å². The van der Waals surface area contributed by atoms with E-state index in [0.717, 1.165) is 0 Å². The summed E-state index contributed by atoms with van der Waals surface area (Å²) < 4.78 is 10.1. The van der Waals surface area contributed by atoms with Gasteiger partial charge in [-0.05, 0) is 72.8 Å². The van der Waals surface area contributed by atoms with Gasteiger partial charge in [-0.3, -0.25) is 20.2 Å². The van der Waals surface area contributed by atoms with Gasteiger partial charge < -0.3 is 20.1 Å². The van der Waals surface area contributed by atoms with Crippen molar-refractivity contribution in [2.45, 2.75) is 0 Å². The summed E-state index contributed by atoms with van der Waals surface area (Å²) in [4.78, 5) is 48.7. The van der Waals surface area contributed by atoms with Crippen molar-refractivity contribution in [1.29, 1.82) is 0 Å². The van der Waals surface area contributed by atoms with Crippen molar-refractivity contribution in [3.05, 3.63) is 83.9 Å². The number of carbonyl (C=O) groups is 4. The Bertz CT molecular complexity index is 1080. The van der Waals surface area contributed by atoms with Gasteiger partial charge in [0.25, 0.3) is 11.8 Å². The number of ether oxygens (including phenoxy) is 2. The minimum Gasteiger partial charge on any atom is -0.497 e. The summed E-state index contributed by atoms with van der Waals surface area (Å²) in [6, 6.07) is 17.2. The Morgan fingerprint density at radius 2 is 0.853 bits per heavy atom. The lowest BCUT2D eigenvalue weighted by Gasteiger charge is -2.09. The molecule has 3 aromatic carbocycles. The van der Waals surface area contributed by atoms with Crippen LogP contribution in [0.1, 0.15) is 20.7 Å². The number of hydrogen-bond acceptors (Lipinski definition) is 6. The summed E-state index contributed by atoms with van der Waals surface area (Å²) in [7, 11) is 3.06. The fraction of sp³-hybridized carbons (Fsp3) is 0.0833. The number of hydrogen-bond donors (Lipinski definition) is 4. The standard InChI is InChI=1S/C24H22N4O6/c1-33-19-11-7-17(8-12-19)25-23(31)27-21(29)15-3-5-16(6-4-15)22(30)28-24(32)26-18-9-13-20(34-2)14-10-18/h3-14H,1-2H3,(H2,25,27,29,31)(H2,26,28,30,32). The first kappa shape index (κ1) is 23.8. The van der Waals surface area contributed by atoms with E-state index in [4.69, 9.17) is 9.47 Å². The van der Waals surface area contributed by atoms with Crippen LogP contribution in [-0.4, -0.2) is 38.1 Å². The van der Waals surface area contributed by atoms with Crippen LogP contribution in [0.5, 0.6) is 11.5 Å². The molecule has 0 bridgehead atoms. The number of benzene rings is 3. The Labute approximate surface area is 195 Å². The molecule has 10 heteroatoms. The lowest BCUT2D eigenvalue weighted by atomic mass is 10.1. The fourth-order valence-corrected chi connectivity index (χ4v) is 2.80. The van der Waals surface area contributed by atoms with Gasteiger partial charge in [-0.25, -0.2) is 9.59 Å². The molecule has 34 heavy (non-hydrogen) atoms. The number of amides is 6. The van der Waals surface area contributed by atoms with Crippen molar-refractivity contribution < 1.29 is 28.7 Å². The van der Waals surface area contributed by atoms with Crippen LogP contribution in [0.2, 0.25) is 0 Å². The number of anilines is 2. The molecule has 0 saturated heterocycles. The van der Waals surface area contributed by atoms with Gasteiger partial charge in [0.2, 0.25) is 0 Å². The highest BCUT2D eigenvalue weighted by Gasteiger charge is 2.14. The molecule has 0 heterocycles. The predicted octanol–water partition coefficient (Wildman–Crippen LogP) is 3.63. The quantitative estimate of drug-likeness (QED) is 0.442. The number of methoxy groups -OCH3 is 2. The molecule has 0 aliphatic rings. The van der Waals surface area contributed by atoms with Crippen LogP contribution in [0, 0.1) is 0 Å². The smallest absolute Gasteiger partial charge is 0.326 e. The van der Waals surface area contributed by atoms with Gasteiger partial charge in [-0.2, -0.15) is 0 Å². The van der Waals surface area contributed by atoms with E-state index in [2.05, 4.69) is 21.3 Å². The Kier molecular flexibility index (Phi) is 7.79. The number of imide groups is 2. The Morgan fingerprint density at radius 1 is 0.529 bits per heavy atom. The van der Waals surface area contributed by atoms with Crippen LogP contribution in [0.25, 0.3) is 0 Å². The molecule has 0 aliphatic carbocycles. The van der Waals surface area contributed by atoms with Crippen molar-refractivity contribution >= 4 is 35.3 Å². The van der Waals surface area contributed by atoms with Crippen LogP contribution in [0.15, 0.2) is 72.8 Å². The van der Waals surface area contributed by atoms with Gasteiger partial charge in [-0.1, -0.05) is 0 Å². The first-order chi connectivity index (χ1) is 16.4. The molecule has 0 aromatic heterocycles. The highest BCUT2D eigenvalue weighted by molar-refractivity contribution is 6.10. The molecule has 0 aliphatic heterocycles. The number of urea groups is 2. The maximum atomic E-state index is 12.3. The topological polar surface area (TPSA) is 135 Å². The van der Waals surface area contributed by atoms with E-state index < -0.39 is 23.9 Å². The van der Waals surface area contributed by atoms with Crippen LogP contribution in [0.3, 0.4) is 0 Å². The maximum Gasteiger partial charge on any atom is 0.326 e. The minimum atomic E-state index is -0.716. The van der Waals surface area contributed by atoms with E-state index >= 15 is 0 Å². The highest BCUT2D eigenvalue weighted by atomic mass is 16.5. The molecule has 10 nitrogen and oxygen atoms in total. The van der Waals surface area contributed by atoms with Crippen molar-refractivity contribution in [3.63, 3.8) is 0 Å². The van der Waals surface area contributed by atoms with Crippen LogP contribution in [0.4, 0.5) is 21.0 Å². The second-order valence-electron chi connectivity index (χ2n) is 6.85. The molecular formula is C24H22N4O6. The predicted molar refractivity (Wildman–Crippen MR) is 125 cm³/mol. The van der Waals surface area contributed by atoms with E-state index in [9.17, 15) is 19.2 Å². The second-order valence-corrected chi connectivity index (χ2v) is 6.85. The van der Waals surface area contributed by atoms with E-state index in [1.54, 1.807) is 48.5 Å². The third-order valence-corrected chi connectivity index (χ3v) is 4.56. The van der Waals surface area contributed by atoms with Crippen molar-refractivity contribution in [2.24, 2.45) is 0 Å². The average molecular weight is 462 g/mol. The summed E-state index contributed by atoms with van der Waals surface area (Å²) in [6.45, 7) is 0. The minimum absolute atomic E-state index is 0.157. The molecule has 0 fully saturated rings. The summed E-state index contributed by atoms with van der Waals surface area (Å²) in [5, 5.41) is 9.45. The van der Waals surface area contributed by atoms with Gasteiger partial charge >= 0.3 is 12.1 Å². The molecule has 3 rings (SSSR count). The van der Waals surface area contributed by atoms with Crippen molar-refractivity contribution in [3.8, 4) is 11.5 Å². The Morgan fingerprint density at radius 3 is 1.15 bits per heavy atom. The Balaban J connectivity index is 1.51. The molecule has 0 saturated carbocycles. The van der Waals surface area contributed by atoms with E-state index in [1.807, 2.05) is 0 Å². The first-order valence-electron chi connectivity index (χ1n) is 10.0. The van der Waals surface area contributed by atoms with Crippen molar-refractivity contribution in [2.75, 3.05) is 24.9 Å². The van der Waals surface area contributed by atoms with Crippen LogP contribution in [-0.2, 0) is 0 Å². The Hall–Kier alpha value is -4.86. The number of nitrogens with one attached hydrogen (secondary N) is 4. The summed E-state index contributed by atoms with van der Waals surface area (Å²) >= 11 is 0. The van der Waals surface area contributed by atoms with Crippen LogP contribution >= 0.6 is 0 Å². The molecule has 0 atom stereocenters. The van der Waals surface area contributed by atoms with Gasteiger partial charge in [0.15, 0.2) is 0 Å². The summed E-state index contributed by atoms with van der Waals surface area (Å²) in [5.41, 5.74) is 1.27. The monoisotopic (exact) mass is 462 g/mol. The van der Waals surface area contributed by atoms with E-state index in [1.165, 1.54) is 38.5 Å². The SMILES string of the molecule is COc1ccc(NC(=O)NC(=O)c2ccc(C(=O)NC(=O)Nc3ccc(OC)cc3)cc2)cc1. The molecule has 3 aromatic rings. The lowest BCUT2D eigenvalue weighted by molar-refractivity contribution is 0.0953. The molecule has 0 radical (unpaired) electrons. The molecular weight excluding hydrogens is 440 g/mol. The molecule has 0 spiro atoms. The molecule has 0 unspecified atom stereocenters. The summed E-state index contributed by atoms with van der Waals surface area (Å²) in [6.07, 6.45) is 0. The van der Waals surface area contributed by atoms with Crippen LogP contribution < -0.4 is 30.7 Å². The maximum absolute atomic E-state index is 12.3. The third-order valence-electron chi connectivity index (χ3n) is 4.56. The van der Waals surface area contributed by atoms with Gasteiger partial charge in [0, 0.05) is 22.5 Å².